The molecular formula is C22H18ClNO5S. The molecule has 30 heavy (non-hydrogen) atoms. The van der Waals surface area contributed by atoms with Gasteiger partial charge in [0, 0.05) is 11.1 Å². The van der Waals surface area contributed by atoms with Gasteiger partial charge in [-0.3, -0.25) is 9.59 Å². The van der Waals surface area contributed by atoms with Crippen LogP contribution in [0.1, 0.15) is 39.7 Å². The van der Waals surface area contributed by atoms with Crippen molar-refractivity contribution in [1.82, 2.24) is 4.90 Å². The van der Waals surface area contributed by atoms with Crippen LogP contribution >= 0.6 is 11.6 Å². The zero-order valence-corrected chi connectivity index (χ0v) is 17.7. The SMILES string of the molecule is Cc1ccc2oc3c(c(=O)c2c1)C(c1cccc(Cl)c1)N(C1CCS(=O)(=O)C1)C3=O. The van der Waals surface area contributed by atoms with Gasteiger partial charge in [-0.05, 0) is 43.2 Å². The molecule has 6 nitrogen and oxygen atoms in total. The molecular weight excluding hydrogens is 426 g/mol. The van der Waals surface area contributed by atoms with Crippen molar-refractivity contribution in [2.75, 3.05) is 11.5 Å². The van der Waals surface area contributed by atoms with Crippen molar-refractivity contribution in [3.63, 3.8) is 0 Å². The zero-order valence-electron chi connectivity index (χ0n) is 16.1. The molecule has 2 atom stereocenters. The standard InChI is InChI=1S/C22H18ClNO5S/c1-12-5-6-17-16(9-12)20(25)18-19(13-3-2-4-14(23)10-13)24(22(26)21(18)29-17)15-7-8-30(27,28)11-15/h2-6,9-10,15,19H,7-8,11H2,1H3. The lowest BCUT2D eigenvalue weighted by atomic mass is 9.97. The summed E-state index contributed by atoms with van der Waals surface area (Å²) >= 11 is 6.19. The van der Waals surface area contributed by atoms with Gasteiger partial charge in [0.15, 0.2) is 15.3 Å². The Labute approximate surface area is 178 Å². The number of benzene rings is 2. The van der Waals surface area contributed by atoms with E-state index >= 15 is 0 Å². The number of halogens is 1. The number of hydrogen-bond acceptors (Lipinski definition) is 5. The highest BCUT2D eigenvalue weighted by molar-refractivity contribution is 7.91. The summed E-state index contributed by atoms with van der Waals surface area (Å²) < 4.78 is 30.2. The van der Waals surface area contributed by atoms with Crippen LogP contribution in [0.15, 0.2) is 51.7 Å². The van der Waals surface area contributed by atoms with Crippen molar-refractivity contribution in [2.24, 2.45) is 0 Å². The van der Waals surface area contributed by atoms with E-state index in [1.165, 1.54) is 4.90 Å². The van der Waals surface area contributed by atoms with Gasteiger partial charge in [0.1, 0.15) is 5.58 Å². The number of rotatable bonds is 2. The molecule has 0 N–H and O–H groups in total. The van der Waals surface area contributed by atoms with Crippen LogP contribution in [0.2, 0.25) is 5.02 Å². The van der Waals surface area contributed by atoms with Crippen LogP contribution in [0, 0.1) is 6.92 Å². The lowest BCUT2D eigenvalue weighted by Crippen LogP contribution is -2.40. The van der Waals surface area contributed by atoms with Gasteiger partial charge in [-0.1, -0.05) is 35.4 Å². The van der Waals surface area contributed by atoms with Gasteiger partial charge < -0.3 is 9.32 Å². The number of hydrogen-bond donors (Lipinski definition) is 0. The van der Waals surface area contributed by atoms with Crippen molar-refractivity contribution >= 4 is 38.3 Å². The minimum atomic E-state index is -3.24. The van der Waals surface area contributed by atoms with Crippen LogP contribution in [0.5, 0.6) is 0 Å². The number of fused-ring (bicyclic) bond motifs is 2. The first kappa shape index (κ1) is 19.3. The Kier molecular flexibility index (Phi) is 4.31. The van der Waals surface area contributed by atoms with Crippen molar-refractivity contribution < 1.29 is 17.6 Å². The predicted molar refractivity (Wildman–Crippen MR) is 114 cm³/mol. The number of carbonyl (C=O) groups excluding carboxylic acids is 1. The van der Waals surface area contributed by atoms with E-state index in [0.717, 1.165) is 5.56 Å². The van der Waals surface area contributed by atoms with E-state index in [4.69, 9.17) is 16.0 Å². The molecule has 154 valence electrons. The lowest BCUT2D eigenvalue weighted by Gasteiger charge is -2.30. The summed E-state index contributed by atoms with van der Waals surface area (Å²) in [5.74, 6) is -0.596. The maximum Gasteiger partial charge on any atom is 0.291 e. The molecule has 0 bridgehead atoms. The average molecular weight is 444 g/mol. The van der Waals surface area contributed by atoms with Crippen molar-refractivity contribution in [1.29, 1.82) is 0 Å². The summed E-state index contributed by atoms with van der Waals surface area (Å²) in [6.07, 6.45) is 0.325. The number of sulfone groups is 1. The molecule has 8 heteroatoms. The smallest absolute Gasteiger partial charge is 0.291 e. The highest BCUT2D eigenvalue weighted by atomic mass is 35.5. The molecule has 1 amide bonds. The minimum Gasteiger partial charge on any atom is -0.450 e. The number of nitrogens with zero attached hydrogens (tertiary/aromatic N) is 1. The Morgan fingerprint density at radius 2 is 1.93 bits per heavy atom. The monoisotopic (exact) mass is 443 g/mol. The molecule has 0 saturated carbocycles. The van der Waals surface area contributed by atoms with E-state index in [0.29, 0.717) is 28.0 Å². The molecule has 3 heterocycles. The number of amides is 1. The van der Waals surface area contributed by atoms with E-state index in [-0.39, 0.29) is 28.3 Å². The first-order valence-corrected chi connectivity index (χ1v) is 11.8. The Bertz CT molecular complexity index is 1380. The van der Waals surface area contributed by atoms with Crippen molar-refractivity contribution in [3.8, 4) is 0 Å². The summed E-state index contributed by atoms with van der Waals surface area (Å²) in [5.41, 5.74) is 1.85. The van der Waals surface area contributed by atoms with Crippen molar-refractivity contribution in [2.45, 2.75) is 25.4 Å². The van der Waals surface area contributed by atoms with Crippen LogP contribution in [-0.4, -0.2) is 36.8 Å². The lowest BCUT2D eigenvalue weighted by molar-refractivity contribution is 0.0662. The van der Waals surface area contributed by atoms with Gasteiger partial charge in [-0.15, -0.1) is 0 Å². The number of aryl methyl sites for hydroxylation is 1. The summed E-state index contributed by atoms with van der Waals surface area (Å²) in [7, 11) is -3.24. The maximum atomic E-state index is 13.5. The molecule has 2 unspecified atom stereocenters. The topological polar surface area (TPSA) is 84.7 Å². The maximum absolute atomic E-state index is 13.5. The quantitative estimate of drug-likeness (QED) is 0.605. The Hall–Kier alpha value is -2.64. The highest BCUT2D eigenvalue weighted by Crippen LogP contribution is 2.41. The van der Waals surface area contributed by atoms with Gasteiger partial charge in [0.2, 0.25) is 5.76 Å². The van der Waals surface area contributed by atoms with E-state index in [2.05, 4.69) is 0 Å². The molecule has 1 aromatic heterocycles. The summed E-state index contributed by atoms with van der Waals surface area (Å²) in [5, 5.41) is 0.864. The van der Waals surface area contributed by atoms with Crippen LogP contribution in [0.25, 0.3) is 11.0 Å². The molecule has 5 rings (SSSR count). The summed E-state index contributed by atoms with van der Waals surface area (Å²) in [6, 6.07) is 10.9. The van der Waals surface area contributed by atoms with Gasteiger partial charge >= 0.3 is 0 Å². The molecule has 2 aromatic carbocycles. The van der Waals surface area contributed by atoms with E-state index in [1.54, 1.807) is 36.4 Å². The fraction of sp³-hybridized carbons (Fsp3) is 0.273. The molecule has 3 aromatic rings. The van der Waals surface area contributed by atoms with E-state index in [1.807, 2.05) is 13.0 Å². The largest absolute Gasteiger partial charge is 0.450 e. The fourth-order valence-corrected chi connectivity index (χ4v) is 6.39. The Morgan fingerprint density at radius 1 is 1.13 bits per heavy atom. The molecule has 2 aliphatic rings. The molecule has 2 aliphatic heterocycles. The van der Waals surface area contributed by atoms with Crippen molar-refractivity contribution in [3.05, 3.63) is 80.2 Å². The zero-order chi connectivity index (χ0) is 21.2. The van der Waals surface area contributed by atoms with Gasteiger partial charge in [0.05, 0.1) is 28.5 Å². The number of carbonyl (C=O) groups is 1. The first-order valence-electron chi connectivity index (χ1n) is 9.61. The first-order chi connectivity index (χ1) is 14.2. The van der Waals surface area contributed by atoms with Crippen LogP contribution in [0.3, 0.4) is 0 Å². The summed E-state index contributed by atoms with van der Waals surface area (Å²) in [6.45, 7) is 1.88. The molecule has 1 saturated heterocycles. The normalized spacial score (nSPS) is 22.6. The second-order valence-electron chi connectivity index (χ2n) is 7.90. The molecule has 1 fully saturated rings. The third kappa shape index (κ3) is 2.96. The second kappa shape index (κ2) is 6.68. The Morgan fingerprint density at radius 3 is 2.63 bits per heavy atom. The fourth-order valence-electron chi connectivity index (χ4n) is 4.48. The third-order valence-corrected chi connectivity index (χ3v) is 7.81. The third-order valence-electron chi connectivity index (χ3n) is 5.83. The second-order valence-corrected chi connectivity index (χ2v) is 10.6. The van der Waals surface area contributed by atoms with Gasteiger partial charge in [-0.2, -0.15) is 0 Å². The average Bonchev–Trinajstić information content (AvgIpc) is 3.19. The van der Waals surface area contributed by atoms with Crippen LogP contribution < -0.4 is 5.43 Å². The predicted octanol–water partition coefficient (Wildman–Crippen LogP) is 3.49. The highest BCUT2D eigenvalue weighted by Gasteiger charge is 2.48. The Balaban J connectivity index is 1.78. The molecule has 0 spiro atoms. The van der Waals surface area contributed by atoms with Gasteiger partial charge in [0.25, 0.3) is 5.91 Å². The minimum absolute atomic E-state index is 0.0165. The van der Waals surface area contributed by atoms with Crippen LogP contribution in [0.4, 0.5) is 0 Å². The molecule has 0 radical (unpaired) electrons. The van der Waals surface area contributed by atoms with E-state index in [9.17, 15) is 18.0 Å². The van der Waals surface area contributed by atoms with Gasteiger partial charge in [-0.25, -0.2) is 8.42 Å². The van der Waals surface area contributed by atoms with E-state index < -0.39 is 27.8 Å². The van der Waals surface area contributed by atoms with Crippen LogP contribution in [-0.2, 0) is 9.84 Å². The summed E-state index contributed by atoms with van der Waals surface area (Å²) in [4.78, 5) is 28.4. The molecule has 0 aliphatic carbocycles.